The van der Waals surface area contributed by atoms with E-state index in [-0.39, 0.29) is 17.9 Å². The van der Waals surface area contributed by atoms with E-state index in [2.05, 4.69) is 10.6 Å². The highest BCUT2D eigenvalue weighted by Crippen LogP contribution is 2.09. The Kier molecular flexibility index (Phi) is 7.84. The van der Waals surface area contributed by atoms with Gasteiger partial charge < -0.3 is 15.4 Å². The lowest BCUT2D eigenvalue weighted by Gasteiger charge is -2.22. The standard InChI is InChI=1S/C12H22N2O3S/c1-2-17-12(16)4-3-5-14-11(15)8-10-9-18-7-6-13-10/h10,13H,2-9H2,1H3,(H,14,15). The van der Waals surface area contributed by atoms with Gasteiger partial charge in [0.1, 0.15) is 0 Å². The van der Waals surface area contributed by atoms with Crippen molar-refractivity contribution in [1.82, 2.24) is 10.6 Å². The second kappa shape index (κ2) is 9.22. The number of rotatable bonds is 7. The van der Waals surface area contributed by atoms with Crippen molar-refractivity contribution >= 4 is 23.6 Å². The van der Waals surface area contributed by atoms with Gasteiger partial charge in [-0.05, 0) is 13.3 Å². The molecule has 2 N–H and O–H groups in total. The van der Waals surface area contributed by atoms with Crippen molar-refractivity contribution in [3.63, 3.8) is 0 Å². The number of hydrogen-bond donors (Lipinski definition) is 2. The minimum Gasteiger partial charge on any atom is -0.466 e. The van der Waals surface area contributed by atoms with E-state index >= 15 is 0 Å². The number of nitrogens with one attached hydrogen (secondary N) is 2. The molecule has 0 spiro atoms. The Morgan fingerprint density at radius 1 is 1.50 bits per heavy atom. The summed E-state index contributed by atoms with van der Waals surface area (Å²) in [4.78, 5) is 22.7. The SMILES string of the molecule is CCOC(=O)CCCNC(=O)CC1CSCCN1. The fourth-order valence-electron chi connectivity index (χ4n) is 1.74. The summed E-state index contributed by atoms with van der Waals surface area (Å²) >= 11 is 1.88. The molecule has 0 aromatic carbocycles. The molecule has 1 fully saturated rings. The van der Waals surface area contributed by atoms with E-state index in [4.69, 9.17) is 4.74 Å². The van der Waals surface area contributed by atoms with Gasteiger partial charge in [-0.15, -0.1) is 0 Å². The molecule has 0 radical (unpaired) electrons. The van der Waals surface area contributed by atoms with Crippen LogP contribution in [0, 0.1) is 0 Å². The Balaban J connectivity index is 2.01. The van der Waals surface area contributed by atoms with Crippen molar-refractivity contribution in [2.24, 2.45) is 0 Å². The summed E-state index contributed by atoms with van der Waals surface area (Å²) in [5, 5.41) is 6.15. The normalized spacial score (nSPS) is 19.3. The highest BCUT2D eigenvalue weighted by atomic mass is 32.2. The highest BCUT2D eigenvalue weighted by molar-refractivity contribution is 7.99. The van der Waals surface area contributed by atoms with E-state index in [0.717, 1.165) is 18.1 Å². The molecule has 1 aliphatic rings. The molecule has 18 heavy (non-hydrogen) atoms. The summed E-state index contributed by atoms with van der Waals surface area (Å²) in [7, 11) is 0. The Morgan fingerprint density at radius 3 is 3.00 bits per heavy atom. The van der Waals surface area contributed by atoms with Gasteiger partial charge in [0, 0.05) is 43.5 Å². The lowest BCUT2D eigenvalue weighted by Crippen LogP contribution is -2.41. The average Bonchev–Trinajstić information content (AvgIpc) is 2.36. The first kappa shape index (κ1) is 15.3. The summed E-state index contributed by atoms with van der Waals surface area (Å²) in [5.41, 5.74) is 0. The maximum absolute atomic E-state index is 11.6. The number of thioether (sulfide) groups is 1. The van der Waals surface area contributed by atoms with Crippen molar-refractivity contribution in [2.45, 2.75) is 32.2 Å². The maximum Gasteiger partial charge on any atom is 0.305 e. The Hall–Kier alpha value is -0.750. The van der Waals surface area contributed by atoms with Crippen LogP contribution in [0.3, 0.4) is 0 Å². The largest absolute Gasteiger partial charge is 0.466 e. The molecule has 0 aromatic heterocycles. The molecule has 1 saturated heterocycles. The fraction of sp³-hybridized carbons (Fsp3) is 0.833. The van der Waals surface area contributed by atoms with Crippen LogP contribution >= 0.6 is 11.8 Å². The molecular weight excluding hydrogens is 252 g/mol. The van der Waals surface area contributed by atoms with Gasteiger partial charge in [0.25, 0.3) is 0 Å². The second-order valence-electron chi connectivity index (χ2n) is 4.19. The van der Waals surface area contributed by atoms with Gasteiger partial charge in [-0.25, -0.2) is 0 Å². The molecular formula is C12H22N2O3S. The zero-order valence-corrected chi connectivity index (χ0v) is 11.7. The molecule has 0 aromatic rings. The molecule has 0 aliphatic carbocycles. The first-order chi connectivity index (χ1) is 8.72. The minimum atomic E-state index is -0.197. The molecule has 1 amide bonds. The van der Waals surface area contributed by atoms with Gasteiger partial charge >= 0.3 is 5.97 Å². The van der Waals surface area contributed by atoms with Gasteiger partial charge in [-0.1, -0.05) is 0 Å². The molecule has 5 nitrogen and oxygen atoms in total. The lowest BCUT2D eigenvalue weighted by atomic mass is 10.2. The summed E-state index contributed by atoms with van der Waals surface area (Å²) in [6.45, 7) is 3.72. The third kappa shape index (κ3) is 6.86. The monoisotopic (exact) mass is 274 g/mol. The fourth-order valence-corrected chi connectivity index (χ4v) is 2.69. The van der Waals surface area contributed by atoms with Crippen LogP contribution in [0.15, 0.2) is 0 Å². The predicted octanol–water partition coefficient (Wildman–Crippen LogP) is 0.541. The highest BCUT2D eigenvalue weighted by Gasteiger charge is 2.16. The van der Waals surface area contributed by atoms with Crippen molar-refractivity contribution in [1.29, 1.82) is 0 Å². The van der Waals surface area contributed by atoms with Crippen molar-refractivity contribution in [3.05, 3.63) is 0 Å². The zero-order chi connectivity index (χ0) is 13.2. The summed E-state index contributed by atoms with van der Waals surface area (Å²) in [6, 6.07) is 0.286. The number of ether oxygens (including phenoxy) is 1. The van der Waals surface area contributed by atoms with E-state index in [1.165, 1.54) is 0 Å². The first-order valence-electron chi connectivity index (χ1n) is 6.45. The number of carbonyl (C=O) groups excluding carboxylic acids is 2. The van der Waals surface area contributed by atoms with Crippen LogP contribution < -0.4 is 10.6 Å². The second-order valence-corrected chi connectivity index (χ2v) is 5.34. The minimum absolute atomic E-state index is 0.0545. The van der Waals surface area contributed by atoms with Gasteiger partial charge in [0.2, 0.25) is 5.91 Å². The Labute approximate surface area is 112 Å². The first-order valence-corrected chi connectivity index (χ1v) is 7.61. The van der Waals surface area contributed by atoms with Gasteiger partial charge in [-0.2, -0.15) is 11.8 Å². The van der Waals surface area contributed by atoms with Crippen LogP contribution in [0.1, 0.15) is 26.2 Å². The van der Waals surface area contributed by atoms with Crippen molar-refractivity contribution in [2.75, 3.05) is 31.2 Å². The molecule has 0 saturated carbocycles. The Bertz CT molecular complexity index is 268. The topological polar surface area (TPSA) is 67.4 Å². The van der Waals surface area contributed by atoms with Crippen LogP contribution in [-0.2, 0) is 14.3 Å². The summed E-state index contributed by atoms with van der Waals surface area (Å²) in [6.07, 6.45) is 1.52. The number of carbonyl (C=O) groups is 2. The zero-order valence-electron chi connectivity index (χ0n) is 10.9. The molecule has 1 rings (SSSR count). The molecule has 1 unspecified atom stereocenters. The molecule has 0 bridgehead atoms. The van der Waals surface area contributed by atoms with E-state index < -0.39 is 0 Å². The third-order valence-electron chi connectivity index (χ3n) is 2.62. The quantitative estimate of drug-likeness (QED) is 0.524. The Morgan fingerprint density at radius 2 is 2.33 bits per heavy atom. The average molecular weight is 274 g/mol. The van der Waals surface area contributed by atoms with Crippen LogP contribution in [0.5, 0.6) is 0 Å². The van der Waals surface area contributed by atoms with E-state index in [0.29, 0.717) is 32.4 Å². The molecule has 1 heterocycles. The molecule has 104 valence electrons. The van der Waals surface area contributed by atoms with Gasteiger partial charge in [0.05, 0.1) is 6.61 Å². The van der Waals surface area contributed by atoms with E-state index in [1.54, 1.807) is 6.92 Å². The van der Waals surface area contributed by atoms with Crippen LogP contribution in [-0.4, -0.2) is 49.1 Å². The van der Waals surface area contributed by atoms with Gasteiger partial charge in [0.15, 0.2) is 0 Å². The predicted molar refractivity (Wildman–Crippen MR) is 72.6 cm³/mol. The smallest absolute Gasteiger partial charge is 0.305 e. The third-order valence-corrected chi connectivity index (χ3v) is 3.75. The van der Waals surface area contributed by atoms with E-state index in [1.807, 2.05) is 11.8 Å². The molecule has 1 atom stereocenters. The lowest BCUT2D eigenvalue weighted by molar-refractivity contribution is -0.143. The van der Waals surface area contributed by atoms with E-state index in [9.17, 15) is 9.59 Å². The number of hydrogen-bond acceptors (Lipinski definition) is 5. The van der Waals surface area contributed by atoms with Gasteiger partial charge in [-0.3, -0.25) is 9.59 Å². The number of amides is 1. The summed E-state index contributed by atoms with van der Waals surface area (Å²) < 4.78 is 4.81. The van der Waals surface area contributed by atoms with Crippen molar-refractivity contribution < 1.29 is 14.3 Å². The maximum atomic E-state index is 11.6. The van der Waals surface area contributed by atoms with Crippen LogP contribution in [0.25, 0.3) is 0 Å². The van der Waals surface area contributed by atoms with Crippen LogP contribution in [0.4, 0.5) is 0 Å². The summed E-state index contributed by atoms with van der Waals surface area (Å²) in [5.74, 6) is 1.98. The van der Waals surface area contributed by atoms with Crippen molar-refractivity contribution in [3.8, 4) is 0 Å². The number of esters is 1. The molecule has 1 aliphatic heterocycles. The van der Waals surface area contributed by atoms with Crippen LogP contribution in [0.2, 0.25) is 0 Å². The molecule has 6 heteroatoms.